The summed E-state index contributed by atoms with van der Waals surface area (Å²) < 4.78 is 4.72. The van der Waals surface area contributed by atoms with Gasteiger partial charge in [-0.25, -0.2) is 9.78 Å². The molecule has 0 unspecified atom stereocenters. The van der Waals surface area contributed by atoms with Gasteiger partial charge in [0.15, 0.2) is 0 Å². The smallest absolute Gasteiger partial charge is 0.404 e. The van der Waals surface area contributed by atoms with Gasteiger partial charge >= 0.3 is 6.09 Å². The Balaban J connectivity index is 1.76. The number of hydrogen-bond donors (Lipinski definition) is 2. The third-order valence-electron chi connectivity index (χ3n) is 3.41. The number of ether oxygens (including phenoxy) is 1. The lowest BCUT2D eigenvalue weighted by Crippen LogP contribution is -2.14. The molecule has 0 bridgehead atoms. The fourth-order valence-electron chi connectivity index (χ4n) is 2.28. The summed E-state index contributed by atoms with van der Waals surface area (Å²) in [4.78, 5) is 27.4. The maximum atomic E-state index is 12.4. The van der Waals surface area contributed by atoms with Gasteiger partial charge in [-0.15, -0.1) is 0 Å². The second-order valence-corrected chi connectivity index (χ2v) is 5.15. The Hall–Kier alpha value is -3.41. The Morgan fingerprint density at radius 2 is 1.88 bits per heavy atom. The second-order valence-electron chi connectivity index (χ2n) is 5.15. The number of nitrogens with zero attached hydrogens (tertiary/aromatic N) is 1. The molecule has 0 saturated heterocycles. The number of rotatable bonds is 4. The third kappa shape index (κ3) is 3.67. The minimum atomic E-state index is -0.856. The Morgan fingerprint density at radius 3 is 2.71 bits per heavy atom. The van der Waals surface area contributed by atoms with Crippen LogP contribution in [0.2, 0.25) is 0 Å². The molecule has 2 amide bonds. The summed E-state index contributed by atoms with van der Waals surface area (Å²) in [5.41, 5.74) is 6.86. The number of anilines is 1. The average molecular weight is 321 g/mol. The van der Waals surface area contributed by atoms with E-state index in [9.17, 15) is 9.59 Å². The zero-order valence-electron chi connectivity index (χ0n) is 12.7. The van der Waals surface area contributed by atoms with E-state index in [1.54, 1.807) is 30.3 Å². The van der Waals surface area contributed by atoms with E-state index in [1.165, 1.54) is 0 Å². The van der Waals surface area contributed by atoms with Gasteiger partial charge in [0.1, 0.15) is 12.4 Å². The van der Waals surface area contributed by atoms with Crippen molar-refractivity contribution in [2.24, 2.45) is 5.73 Å². The zero-order valence-corrected chi connectivity index (χ0v) is 12.7. The molecule has 6 heteroatoms. The average Bonchev–Trinajstić information content (AvgIpc) is 2.60. The molecular weight excluding hydrogens is 306 g/mol. The summed E-state index contributed by atoms with van der Waals surface area (Å²) in [6.07, 6.45) is -0.856. The van der Waals surface area contributed by atoms with Gasteiger partial charge in [0.2, 0.25) is 0 Å². The van der Waals surface area contributed by atoms with Gasteiger partial charge in [0, 0.05) is 10.9 Å². The first-order chi connectivity index (χ1) is 11.6. The fourth-order valence-corrected chi connectivity index (χ4v) is 2.28. The number of fused-ring (bicyclic) bond motifs is 1. The highest BCUT2D eigenvalue weighted by molar-refractivity contribution is 6.04. The van der Waals surface area contributed by atoms with Crippen molar-refractivity contribution in [2.45, 2.75) is 6.61 Å². The molecule has 1 heterocycles. The number of benzene rings is 2. The molecular formula is C18H15N3O3. The fraction of sp³-hybridized carbons (Fsp3) is 0.0556. The summed E-state index contributed by atoms with van der Waals surface area (Å²) in [7, 11) is 0. The molecule has 120 valence electrons. The van der Waals surface area contributed by atoms with Crippen molar-refractivity contribution in [1.82, 2.24) is 4.98 Å². The Morgan fingerprint density at radius 1 is 1.04 bits per heavy atom. The largest absolute Gasteiger partial charge is 0.445 e. The quantitative estimate of drug-likeness (QED) is 0.772. The van der Waals surface area contributed by atoms with Crippen molar-refractivity contribution in [2.75, 3.05) is 5.32 Å². The molecule has 3 aromatic rings. The number of carbonyl (C=O) groups is 2. The van der Waals surface area contributed by atoms with E-state index >= 15 is 0 Å². The van der Waals surface area contributed by atoms with Crippen LogP contribution in [0.5, 0.6) is 0 Å². The van der Waals surface area contributed by atoms with E-state index in [4.69, 9.17) is 10.5 Å². The molecule has 0 aliphatic rings. The van der Waals surface area contributed by atoms with Gasteiger partial charge in [-0.1, -0.05) is 30.3 Å². The van der Waals surface area contributed by atoms with Crippen LogP contribution in [-0.2, 0) is 11.3 Å². The van der Waals surface area contributed by atoms with Crippen LogP contribution in [0.15, 0.2) is 60.7 Å². The third-order valence-corrected chi connectivity index (χ3v) is 3.41. The van der Waals surface area contributed by atoms with Gasteiger partial charge in [0.05, 0.1) is 5.52 Å². The zero-order chi connectivity index (χ0) is 16.9. The number of amides is 2. The molecule has 0 radical (unpaired) electrons. The van der Waals surface area contributed by atoms with Crippen LogP contribution in [0, 0.1) is 0 Å². The summed E-state index contributed by atoms with van der Waals surface area (Å²) >= 11 is 0. The normalized spacial score (nSPS) is 10.3. The summed E-state index contributed by atoms with van der Waals surface area (Å²) in [6.45, 7) is 0.0185. The highest BCUT2D eigenvalue weighted by atomic mass is 16.5. The maximum Gasteiger partial charge on any atom is 0.404 e. The Kier molecular flexibility index (Phi) is 4.38. The highest BCUT2D eigenvalue weighted by Crippen LogP contribution is 2.15. The maximum absolute atomic E-state index is 12.4. The molecule has 0 aliphatic carbocycles. The molecule has 0 fully saturated rings. The monoisotopic (exact) mass is 321 g/mol. The van der Waals surface area contributed by atoms with Gasteiger partial charge in [-0.3, -0.25) is 4.79 Å². The second kappa shape index (κ2) is 6.78. The van der Waals surface area contributed by atoms with E-state index in [2.05, 4.69) is 10.3 Å². The molecule has 0 aliphatic heterocycles. The minimum Gasteiger partial charge on any atom is -0.445 e. The number of para-hydroxylation sites is 1. The molecule has 0 saturated carbocycles. The number of nitrogens with one attached hydrogen (secondary N) is 1. The van der Waals surface area contributed by atoms with E-state index < -0.39 is 6.09 Å². The predicted octanol–water partition coefficient (Wildman–Crippen LogP) is 3.08. The summed E-state index contributed by atoms with van der Waals surface area (Å²) in [5, 5.41) is 3.76. The molecule has 1 aromatic heterocycles. The number of hydrogen-bond acceptors (Lipinski definition) is 4. The number of primary amides is 1. The van der Waals surface area contributed by atoms with E-state index in [0.717, 1.165) is 10.9 Å². The van der Waals surface area contributed by atoms with Crippen LogP contribution >= 0.6 is 0 Å². The molecule has 6 nitrogen and oxygen atoms in total. The van der Waals surface area contributed by atoms with Crippen molar-refractivity contribution in [1.29, 1.82) is 0 Å². The van der Waals surface area contributed by atoms with E-state index in [-0.39, 0.29) is 12.5 Å². The lowest BCUT2D eigenvalue weighted by Gasteiger charge is -2.07. The molecule has 0 atom stereocenters. The number of nitrogens with two attached hydrogens (primary N) is 1. The van der Waals surface area contributed by atoms with E-state index in [1.807, 2.05) is 30.3 Å². The van der Waals surface area contributed by atoms with Crippen LogP contribution in [0.3, 0.4) is 0 Å². The van der Waals surface area contributed by atoms with Crippen molar-refractivity contribution in [3.05, 3.63) is 71.8 Å². The van der Waals surface area contributed by atoms with Gasteiger partial charge < -0.3 is 15.8 Å². The minimum absolute atomic E-state index is 0.0185. The summed E-state index contributed by atoms with van der Waals surface area (Å²) in [5.74, 6) is 0.177. The lowest BCUT2D eigenvalue weighted by atomic mass is 10.1. The standard InChI is InChI=1S/C18H15N3O3/c19-18(23)24-11-12-4-3-6-14(10-12)17(22)21-16-9-8-13-5-1-2-7-15(13)20-16/h1-10H,11H2,(H2,19,23)(H,20,21,22). The van der Waals surface area contributed by atoms with Gasteiger partial charge in [-0.2, -0.15) is 0 Å². The number of carbonyl (C=O) groups excluding carboxylic acids is 2. The van der Waals surface area contributed by atoms with Gasteiger partial charge in [0.25, 0.3) is 5.91 Å². The van der Waals surface area contributed by atoms with Crippen LogP contribution in [0.4, 0.5) is 10.6 Å². The van der Waals surface area contributed by atoms with Crippen molar-refractivity contribution < 1.29 is 14.3 Å². The molecule has 0 spiro atoms. The predicted molar refractivity (Wildman–Crippen MR) is 90.5 cm³/mol. The lowest BCUT2D eigenvalue weighted by molar-refractivity contribution is 0.102. The first kappa shape index (κ1) is 15.5. The first-order valence-corrected chi connectivity index (χ1v) is 7.30. The van der Waals surface area contributed by atoms with Gasteiger partial charge in [-0.05, 0) is 35.9 Å². The number of pyridine rings is 1. The van der Waals surface area contributed by atoms with Crippen LogP contribution in [-0.4, -0.2) is 17.0 Å². The molecule has 3 rings (SSSR count). The summed E-state index contributed by atoms with van der Waals surface area (Å²) in [6, 6.07) is 18.1. The Labute approximate surface area is 138 Å². The Bertz CT molecular complexity index is 909. The number of aromatic nitrogens is 1. The molecule has 2 aromatic carbocycles. The highest BCUT2D eigenvalue weighted by Gasteiger charge is 2.08. The molecule has 3 N–H and O–H groups in total. The van der Waals surface area contributed by atoms with Crippen LogP contribution in [0.1, 0.15) is 15.9 Å². The van der Waals surface area contributed by atoms with Crippen molar-refractivity contribution in [3.8, 4) is 0 Å². The topological polar surface area (TPSA) is 94.3 Å². The van der Waals surface area contributed by atoms with Crippen molar-refractivity contribution >= 4 is 28.7 Å². The van der Waals surface area contributed by atoms with Crippen LogP contribution < -0.4 is 11.1 Å². The van der Waals surface area contributed by atoms with E-state index in [0.29, 0.717) is 16.9 Å². The molecule has 24 heavy (non-hydrogen) atoms. The first-order valence-electron chi connectivity index (χ1n) is 7.30. The van der Waals surface area contributed by atoms with Crippen molar-refractivity contribution in [3.63, 3.8) is 0 Å². The van der Waals surface area contributed by atoms with Crippen LogP contribution in [0.25, 0.3) is 10.9 Å². The SMILES string of the molecule is NC(=O)OCc1cccc(C(=O)Nc2ccc3ccccc3n2)c1.